The van der Waals surface area contributed by atoms with E-state index in [0.29, 0.717) is 0 Å². The molecule has 0 aromatic heterocycles. The van der Waals surface area contributed by atoms with Gasteiger partial charge in [-0.3, -0.25) is 0 Å². The number of halogens is 1. The van der Waals surface area contributed by atoms with Gasteiger partial charge in [-0.05, 0) is 18.1 Å². The maximum Gasteiger partial charge on any atom is 0.105 e. The van der Waals surface area contributed by atoms with Gasteiger partial charge in [0.05, 0.1) is 5.69 Å². The number of fused-ring (bicyclic) bond motifs is 2. The van der Waals surface area contributed by atoms with E-state index in [9.17, 15) is 0 Å². The predicted molar refractivity (Wildman–Crippen MR) is 64.0 cm³/mol. The van der Waals surface area contributed by atoms with E-state index in [0.717, 1.165) is 13.0 Å². The van der Waals surface area contributed by atoms with Gasteiger partial charge in [0.15, 0.2) is 0 Å². The molecule has 2 N–H and O–H groups in total. The van der Waals surface area contributed by atoms with E-state index in [1.807, 2.05) is 0 Å². The molecule has 0 bridgehead atoms. The summed E-state index contributed by atoms with van der Waals surface area (Å²) in [6, 6.07) is 8.44. The lowest BCUT2D eigenvalue weighted by Crippen LogP contribution is -2.26. The van der Waals surface area contributed by atoms with Gasteiger partial charge >= 0.3 is 0 Å². The molecule has 0 atom stereocenters. The molecule has 2 aliphatic rings. The molecule has 3 nitrogen and oxygen atoms in total. The average molecular weight is 227 g/mol. The molecule has 0 aliphatic carbocycles. The molecule has 4 heteroatoms. The summed E-state index contributed by atoms with van der Waals surface area (Å²) in [5.41, 5.74) is 2.55. The Morgan fingerprint density at radius 2 is 2.00 bits per heavy atom. The number of aliphatic imine (C=N–C) groups is 1. The first kappa shape index (κ1) is 12.0. The molecular formula is C11H15ClN2O. The fourth-order valence-electron chi connectivity index (χ4n) is 2.11. The van der Waals surface area contributed by atoms with E-state index < -0.39 is 0 Å². The zero-order chi connectivity index (χ0) is 8.67. The van der Waals surface area contributed by atoms with Crippen LogP contribution in [-0.2, 0) is 6.54 Å². The van der Waals surface area contributed by atoms with Crippen LogP contribution in [0.4, 0.5) is 5.69 Å². The molecule has 15 heavy (non-hydrogen) atoms. The van der Waals surface area contributed by atoms with Crippen molar-refractivity contribution in [3.05, 3.63) is 29.8 Å². The van der Waals surface area contributed by atoms with Gasteiger partial charge in [-0.15, -0.1) is 12.4 Å². The van der Waals surface area contributed by atoms with E-state index >= 15 is 0 Å². The Kier molecular flexibility index (Phi) is 3.72. The zero-order valence-electron chi connectivity index (χ0n) is 8.44. The molecule has 0 spiro atoms. The molecular weight excluding hydrogens is 212 g/mol. The Balaban J connectivity index is 0.000000562. The number of hydrogen-bond acceptors (Lipinski definition) is 2. The first-order valence-corrected chi connectivity index (χ1v) is 4.84. The van der Waals surface area contributed by atoms with E-state index in [1.165, 1.54) is 30.1 Å². The van der Waals surface area contributed by atoms with Crippen LogP contribution in [0.2, 0.25) is 0 Å². The van der Waals surface area contributed by atoms with Crippen LogP contribution in [0, 0.1) is 0 Å². The number of benzene rings is 1. The van der Waals surface area contributed by atoms with Crippen LogP contribution < -0.4 is 0 Å². The van der Waals surface area contributed by atoms with Crippen molar-refractivity contribution in [1.29, 1.82) is 0 Å². The van der Waals surface area contributed by atoms with Crippen molar-refractivity contribution in [1.82, 2.24) is 4.90 Å². The summed E-state index contributed by atoms with van der Waals surface area (Å²) in [4.78, 5) is 7.04. The standard InChI is InChI=1S/C11H12N2.ClH.H2O/c1-2-5-10-9(4-1)8-13-7-3-6-11(13)12-10;;/h1-2,4-5H,3,6-8H2;1H;1H2. The highest BCUT2D eigenvalue weighted by Crippen LogP contribution is 2.29. The van der Waals surface area contributed by atoms with Gasteiger partial charge in [-0.2, -0.15) is 0 Å². The highest BCUT2D eigenvalue weighted by molar-refractivity contribution is 5.88. The van der Waals surface area contributed by atoms with Crippen molar-refractivity contribution < 1.29 is 5.48 Å². The molecule has 2 heterocycles. The summed E-state index contributed by atoms with van der Waals surface area (Å²) < 4.78 is 0. The van der Waals surface area contributed by atoms with Crippen LogP contribution in [0.3, 0.4) is 0 Å². The third kappa shape index (κ3) is 1.98. The summed E-state index contributed by atoms with van der Waals surface area (Å²) in [5, 5.41) is 0. The Labute approximate surface area is 95.5 Å². The maximum absolute atomic E-state index is 4.65. The second-order valence-corrected chi connectivity index (χ2v) is 3.68. The average Bonchev–Trinajstić information content (AvgIpc) is 2.61. The lowest BCUT2D eigenvalue weighted by Gasteiger charge is -2.24. The third-order valence-corrected chi connectivity index (χ3v) is 2.80. The molecule has 82 valence electrons. The first-order chi connectivity index (χ1) is 6.43. The van der Waals surface area contributed by atoms with E-state index in [1.54, 1.807) is 0 Å². The monoisotopic (exact) mass is 226 g/mol. The van der Waals surface area contributed by atoms with E-state index in [-0.39, 0.29) is 17.9 Å². The van der Waals surface area contributed by atoms with Crippen molar-refractivity contribution in [3.8, 4) is 0 Å². The van der Waals surface area contributed by atoms with E-state index in [4.69, 9.17) is 0 Å². The Morgan fingerprint density at radius 1 is 1.20 bits per heavy atom. The molecule has 0 unspecified atom stereocenters. The van der Waals surface area contributed by atoms with Crippen molar-refractivity contribution in [2.45, 2.75) is 19.4 Å². The van der Waals surface area contributed by atoms with Crippen molar-refractivity contribution in [2.75, 3.05) is 6.54 Å². The fourth-order valence-corrected chi connectivity index (χ4v) is 2.11. The van der Waals surface area contributed by atoms with Gasteiger partial charge in [-0.1, -0.05) is 18.2 Å². The number of hydrogen-bond donors (Lipinski definition) is 0. The minimum absolute atomic E-state index is 0. The van der Waals surface area contributed by atoms with Gasteiger partial charge in [0.25, 0.3) is 0 Å². The normalized spacial score (nSPS) is 16.8. The minimum Gasteiger partial charge on any atom is -0.412 e. The Bertz CT molecular complexity index is 379. The molecule has 1 aromatic carbocycles. The fraction of sp³-hybridized carbons (Fsp3) is 0.364. The Morgan fingerprint density at radius 3 is 2.87 bits per heavy atom. The number of para-hydroxylation sites is 1. The van der Waals surface area contributed by atoms with Gasteiger partial charge < -0.3 is 10.4 Å². The van der Waals surface area contributed by atoms with Gasteiger partial charge in [0, 0.05) is 19.5 Å². The maximum atomic E-state index is 4.65. The van der Waals surface area contributed by atoms with Crippen LogP contribution in [0.5, 0.6) is 0 Å². The molecule has 0 amide bonds. The number of rotatable bonds is 0. The lowest BCUT2D eigenvalue weighted by molar-refractivity contribution is 0.443. The summed E-state index contributed by atoms with van der Waals surface area (Å²) in [7, 11) is 0. The first-order valence-electron chi connectivity index (χ1n) is 4.84. The molecule has 1 aromatic rings. The van der Waals surface area contributed by atoms with Crippen LogP contribution in [0.15, 0.2) is 29.3 Å². The van der Waals surface area contributed by atoms with Gasteiger partial charge in [0.1, 0.15) is 5.84 Å². The SMILES string of the molecule is Cl.O.c1ccc2c(c1)CN1CCCC1=N2. The van der Waals surface area contributed by atoms with E-state index in [2.05, 4.69) is 34.2 Å². The topological polar surface area (TPSA) is 47.1 Å². The third-order valence-electron chi connectivity index (χ3n) is 2.80. The van der Waals surface area contributed by atoms with Gasteiger partial charge in [0.2, 0.25) is 0 Å². The molecule has 2 aliphatic heterocycles. The molecule has 1 fully saturated rings. The summed E-state index contributed by atoms with van der Waals surface area (Å²) >= 11 is 0. The molecule has 3 rings (SSSR count). The van der Waals surface area contributed by atoms with Crippen LogP contribution in [0.1, 0.15) is 18.4 Å². The second-order valence-electron chi connectivity index (χ2n) is 3.68. The number of nitrogens with zero attached hydrogens (tertiary/aromatic N) is 2. The van der Waals surface area contributed by atoms with Crippen LogP contribution in [0.25, 0.3) is 0 Å². The van der Waals surface area contributed by atoms with Gasteiger partial charge in [-0.25, -0.2) is 4.99 Å². The summed E-state index contributed by atoms with van der Waals surface area (Å²) in [6.07, 6.45) is 2.43. The largest absolute Gasteiger partial charge is 0.412 e. The van der Waals surface area contributed by atoms with Crippen LogP contribution >= 0.6 is 12.4 Å². The second kappa shape index (κ2) is 4.64. The molecule has 1 saturated heterocycles. The quantitative estimate of drug-likeness (QED) is 0.667. The summed E-state index contributed by atoms with van der Waals surface area (Å²) in [5.74, 6) is 1.29. The minimum atomic E-state index is 0. The van der Waals surface area contributed by atoms with Crippen molar-refractivity contribution in [3.63, 3.8) is 0 Å². The lowest BCUT2D eigenvalue weighted by atomic mass is 10.1. The Hall–Kier alpha value is -1.06. The smallest absolute Gasteiger partial charge is 0.105 e. The highest BCUT2D eigenvalue weighted by Gasteiger charge is 2.23. The molecule has 0 saturated carbocycles. The van der Waals surface area contributed by atoms with Crippen LogP contribution in [-0.4, -0.2) is 22.8 Å². The highest BCUT2D eigenvalue weighted by atomic mass is 35.5. The van der Waals surface area contributed by atoms with Crippen molar-refractivity contribution in [2.24, 2.45) is 4.99 Å². The predicted octanol–water partition coefficient (Wildman–Crippen LogP) is 1.92. The number of amidine groups is 1. The van der Waals surface area contributed by atoms with Crippen molar-refractivity contribution >= 4 is 23.9 Å². The molecule has 0 radical (unpaired) electrons. The summed E-state index contributed by atoms with van der Waals surface area (Å²) in [6.45, 7) is 2.25. The zero-order valence-corrected chi connectivity index (χ0v) is 9.26.